The molecule has 2 heterocycles. The predicted molar refractivity (Wildman–Crippen MR) is 118 cm³/mol. The summed E-state index contributed by atoms with van der Waals surface area (Å²) >= 11 is 6.13. The first-order valence-electron chi connectivity index (χ1n) is 9.81. The van der Waals surface area contributed by atoms with Crippen LogP contribution in [0.4, 0.5) is 5.69 Å². The molecule has 0 radical (unpaired) electrons. The summed E-state index contributed by atoms with van der Waals surface area (Å²) in [6.07, 6.45) is 1.40. The van der Waals surface area contributed by atoms with Gasteiger partial charge in [0, 0.05) is 48.0 Å². The molecule has 6 heteroatoms. The summed E-state index contributed by atoms with van der Waals surface area (Å²) < 4.78 is 6.10. The highest BCUT2D eigenvalue weighted by Crippen LogP contribution is 2.36. The maximum atomic E-state index is 7.66. The van der Waals surface area contributed by atoms with Crippen molar-refractivity contribution in [3.05, 3.63) is 76.3 Å². The molecular weight excluding hydrogens is 384 g/mol. The molecule has 1 N–H and O–H groups in total. The van der Waals surface area contributed by atoms with Gasteiger partial charge in [-0.1, -0.05) is 35.9 Å². The summed E-state index contributed by atoms with van der Waals surface area (Å²) in [5.41, 5.74) is 12.7. The standard InChI is InChI=1S/C23H25ClN4O/c1-16-14-21(23(26-25)29-22(16)18-4-3-5-19(24)15-18)17-6-8-20(9-7-17)28-12-10-27(2)11-13-28/h3-9,14-15,23,25H,10-13H2,1-2H3. The SMILES string of the molecule is CC1=C(c2cccc(Cl)c2)OC(N=N)C(c2ccc(N3CCN(C)CC3)cc2)=C1. The van der Waals surface area contributed by atoms with E-state index in [0.29, 0.717) is 10.8 Å². The number of nitrogens with one attached hydrogen (secondary N) is 1. The van der Waals surface area contributed by atoms with E-state index in [1.165, 1.54) is 5.69 Å². The minimum atomic E-state index is -0.665. The van der Waals surface area contributed by atoms with Crippen molar-refractivity contribution in [3.63, 3.8) is 0 Å². The number of allylic oxidation sites excluding steroid dienone is 2. The molecule has 0 amide bonds. The minimum Gasteiger partial charge on any atom is -0.462 e. The lowest BCUT2D eigenvalue weighted by Gasteiger charge is -2.34. The smallest absolute Gasteiger partial charge is 0.234 e. The topological polar surface area (TPSA) is 51.9 Å². The first kappa shape index (κ1) is 19.7. The van der Waals surface area contributed by atoms with Gasteiger partial charge in [-0.3, -0.25) is 0 Å². The summed E-state index contributed by atoms with van der Waals surface area (Å²) in [6, 6.07) is 16.0. The summed E-state index contributed by atoms with van der Waals surface area (Å²) in [7, 11) is 2.16. The third-order valence-electron chi connectivity index (χ3n) is 5.50. The zero-order valence-electron chi connectivity index (χ0n) is 16.7. The number of piperazine rings is 1. The van der Waals surface area contributed by atoms with Gasteiger partial charge in [-0.15, -0.1) is 5.11 Å². The van der Waals surface area contributed by atoms with Gasteiger partial charge in [0.2, 0.25) is 6.23 Å². The van der Waals surface area contributed by atoms with Gasteiger partial charge < -0.3 is 14.5 Å². The number of ether oxygens (including phenoxy) is 1. The lowest BCUT2D eigenvalue weighted by molar-refractivity contribution is 0.213. The number of halogens is 1. The monoisotopic (exact) mass is 408 g/mol. The highest BCUT2D eigenvalue weighted by Gasteiger charge is 2.25. The number of likely N-dealkylation sites (N-methyl/N-ethyl adjacent to an activating group) is 1. The molecule has 2 aromatic rings. The Labute approximate surface area is 176 Å². The molecule has 1 unspecified atom stereocenters. The average Bonchev–Trinajstić information content (AvgIpc) is 2.74. The molecule has 2 aliphatic rings. The molecule has 0 bridgehead atoms. The summed E-state index contributed by atoms with van der Waals surface area (Å²) in [6.45, 7) is 6.25. The van der Waals surface area contributed by atoms with Crippen LogP contribution < -0.4 is 4.90 Å². The van der Waals surface area contributed by atoms with Crippen molar-refractivity contribution in [3.8, 4) is 0 Å². The van der Waals surface area contributed by atoms with Crippen LogP contribution in [0.1, 0.15) is 18.1 Å². The van der Waals surface area contributed by atoms with E-state index >= 15 is 0 Å². The Kier molecular flexibility index (Phi) is 5.69. The van der Waals surface area contributed by atoms with E-state index in [1.807, 2.05) is 31.2 Å². The Morgan fingerprint density at radius 2 is 1.76 bits per heavy atom. The summed E-state index contributed by atoms with van der Waals surface area (Å²) in [4.78, 5) is 4.76. The zero-order chi connectivity index (χ0) is 20.4. The van der Waals surface area contributed by atoms with E-state index in [0.717, 1.165) is 48.5 Å². The van der Waals surface area contributed by atoms with Crippen molar-refractivity contribution in [2.45, 2.75) is 13.2 Å². The Bertz CT molecular complexity index is 959. The Morgan fingerprint density at radius 3 is 2.41 bits per heavy atom. The number of hydrogen-bond acceptors (Lipinski definition) is 5. The van der Waals surface area contributed by atoms with Crippen LogP contribution in [-0.2, 0) is 4.74 Å². The van der Waals surface area contributed by atoms with Gasteiger partial charge in [0.25, 0.3) is 0 Å². The Hall–Kier alpha value is -2.63. The van der Waals surface area contributed by atoms with Gasteiger partial charge in [0.15, 0.2) is 0 Å². The molecule has 0 aliphatic carbocycles. The molecule has 0 aromatic heterocycles. The number of benzene rings is 2. The van der Waals surface area contributed by atoms with Gasteiger partial charge >= 0.3 is 0 Å². The van der Waals surface area contributed by atoms with Crippen molar-refractivity contribution >= 4 is 28.6 Å². The zero-order valence-corrected chi connectivity index (χ0v) is 17.5. The van der Waals surface area contributed by atoms with Gasteiger partial charge in [0.05, 0.1) is 0 Å². The second-order valence-electron chi connectivity index (χ2n) is 7.56. The second-order valence-corrected chi connectivity index (χ2v) is 8.00. The second kappa shape index (κ2) is 8.39. The maximum absolute atomic E-state index is 7.66. The molecule has 150 valence electrons. The van der Waals surface area contributed by atoms with E-state index < -0.39 is 6.23 Å². The molecule has 1 fully saturated rings. The molecule has 1 atom stereocenters. The van der Waals surface area contributed by atoms with Crippen LogP contribution in [0.25, 0.3) is 11.3 Å². The summed E-state index contributed by atoms with van der Waals surface area (Å²) in [5.74, 6) is 0.714. The number of rotatable bonds is 4. The molecule has 0 spiro atoms. The van der Waals surface area contributed by atoms with Crippen LogP contribution in [0, 0.1) is 5.53 Å². The van der Waals surface area contributed by atoms with Crippen LogP contribution in [-0.4, -0.2) is 44.4 Å². The van der Waals surface area contributed by atoms with Crippen LogP contribution in [0.3, 0.4) is 0 Å². The van der Waals surface area contributed by atoms with E-state index in [1.54, 1.807) is 0 Å². The van der Waals surface area contributed by atoms with Gasteiger partial charge in [-0.05, 0) is 55.4 Å². The first-order valence-corrected chi connectivity index (χ1v) is 10.2. The minimum absolute atomic E-state index is 0.653. The molecule has 4 rings (SSSR count). The van der Waals surface area contributed by atoms with Crippen LogP contribution >= 0.6 is 11.6 Å². The number of anilines is 1. The van der Waals surface area contributed by atoms with Crippen molar-refractivity contribution < 1.29 is 4.74 Å². The van der Waals surface area contributed by atoms with Crippen LogP contribution in [0.2, 0.25) is 5.02 Å². The van der Waals surface area contributed by atoms with Crippen molar-refractivity contribution in [1.29, 1.82) is 5.53 Å². The fraction of sp³-hybridized carbons (Fsp3) is 0.304. The lowest BCUT2D eigenvalue weighted by Crippen LogP contribution is -2.44. The van der Waals surface area contributed by atoms with E-state index in [-0.39, 0.29) is 0 Å². The Morgan fingerprint density at radius 1 is 1.03 bits per heavy atom. The van der Waals surface area contributed by atoms with Crippen LogP contribution in [0.5, 0.6) is 0 Å². The van der Waals surface area contributed by atoms with Crippen molar-refractivity contribution in [2.24, 2.45) is 5.11 Å². The lowest BCUT2D eigenvalue weighted by atomic mass is 9.97. The maximum Gasteiger partial charge on any atom is 0.234 e. The molecule has 2 aromatic carbocycles. The number of nitrogens with zero attached hydrogens (tertiary/aromatic N) is 3. The average molecular weight is 409 g/mol. The van der Waals surface area contributed by atoms with Gasteiger partial charge in [-0.2, -0.15) is 0 Å². The molecule has 0 saturated carbocycles. The van der Waals surface area contributed by atoms with Crippen molar-refractivity contribution in [2.75, 3.05) is 38.1 Å². The highest BCUT2D eigenvalue weighted by atomic mass is 35.5. The molecule has 2 aliphatic heterocycles. The predicted octanol–water partition coefficient (Wildman–Crippen LogP) is 5.29. The Balaban J connectivity index is 1.61. The molecule has 1 saturated heterocycles. The first-order chi connectivity index (χ1) is 14.0. The van der Waals surface area contributed by atoms with Gasteiger partial charge in [0.1, 0.15) is 5.76 Å². The van der Waals surface area contributed by atoms with Crippen LogP contribution in [0.15, 0.2) is 65.3 Å². The van der Waals surface area contributed by atoms with E-state index in [9.17, 15) is 0 Å². The molecular formula is C23H25ClN4O. The number of hydrogen-bond donors (Lipinski definition) is 1. The largest absolute Gasteiger partial charge is 0.462 e. The molecule has 29 heavy (non-hydrogen) atoms. The quantitative estimate of drug-likeness (QED) is 0.699. The third-order valence-corrected chi connectivity index (χ3v) is 5.73. The normalized spacial score (nSPS) is 20.3. The fourth-order valence-electron chi connectivity index (χ4n) is 3.81. The third kappa shape index (κ3) is 4.21. The fourth-order valence-corrected chi connectivity index (χ4v) is 4.01. The highest BCUT2D eigenvalue weighted by molar-refractivity contribution is 6.30. The van der Waals surface area contributed by atoms with E-state index in [4.69, 9.17) is 21.9 Å². The summed E-state index contributed by atoms with van der Waals surface area (Å²) in [5, 5.41) is 4.39. The molecule has 5 nitrogen and oxygen atoms in total. The van der Waals surface area contributed by atoms with Crippen molar-refractivity contribution in [1.82, 2.24) is 4.90 Å². The van der Waals surface area contributed by atoms with Gasteiger partial charge in [-0.25, -0.2) is 5.53 Å². The van der Waals surface area contributed by atoms with E-state index in [2.05, 4.69) is 52.3 Å².